The molecule has 0 saturated carbocycles. The molecule has 0 unspecified atom stereocenters. The number of imidazole rings is 1. The second-order valence-electron chi connectivity index (χ2n) is 2.91. The van der Waals surface area contributed by atoms with E-state index in [2.05, 4.69) is 4.98 Å². The van der Waals surface area contributed by atoms with Gasteiger partial charge in [-0.3, -0.25) is 0 Å². The molecule has 0 bridgehead atoms. The third-order valence-corrected chi connectivity index (χ3v) is 2.14. The van der Waals surface area contributed by atoms with Gasteiger partial charge >= 0.3 is 6.09 Å². The molecule has 0 N–H and O–H groups in total. The van der Waals surface area contributed by atoms with Gasteiger partial charge in [0.2, 0.25) is 0 Å². The molecule has 0 spiro atoms. The van der Waals surface area contributed by atoms with Crippen molar-refractivity contribution >= 4 is 17.1 Å². The molecule has 1 aromatic carbocycles. The van der Waals surface area contributed by atoms with Gasteiger partial charge in [0.05, 0.1) is 11.0 Å². The highest BCUT2D eigenvalue weighted by molar-refractivity contribution is 5.88. The first-order chi connectivity index (χ1) is 6.36. The van der Waals surface area contributed by atoms with Gasteiger partial charge in [-0.2, -0.15) is 0 Å². The van der Waals surface area contributed by atoms with Crippen molar-refractivity contribution in [3.05, 3.63) is 30.1 Å². The van der Waals surface area contributed by atoms with Crippen LogP contribution in [0.3, 0.4) is 0 Å². The lowest BCUT2D eigenvalue weighted by Crippen LogP contribution is -2.03. The molecule has 0 radical (unpaired) electrons. The lowest BCUT2D eigenvalue weighted by Gasteiger charge is -1.93. The van der Waals surface area contributed by atoms with Crippen molar-refractivity contribution in [2.75, 3.05) is 0 Å². The van der Waals surface area contributed by atoms with Gasteiger partial charge in [-0.1, -0.05) is 12.1 Å². The average Bonchev–Trinajstić information content (AvgIpc) is 2.66. The molecule has 4 nitrogen and oxygen atoms in total. The largest absolute Gasteiger partial charge is 0.441 e. The van der Waals surface area contributed by atoms with E-state index in [1.807, 2.05) is 24.3 Å². The van der Waals surface area contributed by atoms with Crippen molar-refractivity contribution in [2.45, 2.75) is 6.61 Å². The second-order valence-corrected chi connectivity index (χ2v) is 2.91. The number of ether oxygens (including phenoxy) is 1. The third kappa shape index (κ3) is 0.744. The molecule has 13 heavy (non-hydrogen) atoms. The van der Waals surface area contributed by atoms with E-state index in [0.717, 1.165) is 11.0 Å². The molecular formula is C9H6N2O2. The highest BCUT2D eigenvalue weighted by atomic mass is 16.6. The summed E-state index contributed by atoms with van der Waals surface area (Å²) < 4.78 is 6.34. The molecule has 0 saturated heterocycles. The Hall–Kier alpha value is -1.84. The summed E-state index contributed by atoms with van der Waals surface area (Å²) in [6.07, 6.45) is -0.330. The number of para-hydroxylation sites is 2. The Labute approximate surface area is 73.8 Å². The first kappa shape index (κ1) is 6.65. The fourth-order valence-corrected chi connectivity index (χ4v) is 1.57. The number of nitrogens with zero attached hydrogens (tertiary/aromatic N) is 2. The fraction of sp³-hybridized carbons (Fsp3) is 0.111. The summed E-state index contributed by atoms with van der Waals surface area (Å²) in [5.41, 5.74) is 1.66. The minimum atomic E-state index is -0.330. The van der Waals surface area contributed by atoms with Gasteiger partial charge in [0.25, 0.3) is 0 Å². The number of hydrogen-bond acceptors (Lipinski definition) is 3. The molecule has 2 heterocycles. The summed E-state index contributed by atoms with van der Waals surface area (Å²) in [4.78, 5) is 15.5. The zero-order valence-electron chi connectivity index (χ0n) is 6.73. The highest BCUT2D eigenvalue weighted by Crippen LogP contribution is 2.20. The molecule has 0 fully saturated rings. The highest BCUT2D eigenvalue weighted by Gasteiger charge is 2.24. The molecule has 3 rings (SSSR count). The predicted molar refractivity (Wildman–Crippen MR) is 45.3 cm³/mol. The molecule has 1 aromatic heterocycles. The minimum absolute atomic E-state index is 0.285. The van der Waals surface area contributed by atoms with Crippen molar-refractivity contribution in [1.82, 2.24) is 9.55 Å². The normalized spacial score (nSPS) is 14.6. The average molecular weight is 174 g/mol. The maximum atomic E-state index is 11.2. The number of aromatic nitrogens is 2. The van der Waals surface area contributed by atoms with Crippen molar-refractivity contribution < 1.29 is 9.53 Å². The van der Waals surface area contributed by atoms with Crippen LogP contribution in [0.15, 0.2) is 24.3 Å². The first-order valence-corrected chi connectivity index (χ1v) is 4.00. The van der Waals surface area contributed by atoms with Crippen LogP contribution in [0.25, 0.3) is 11.0 Å². The fourth-order valence-electron chi connectivity index (χ4n) is 1.57. The number of fused-ring (bicyclic) bond motifs is 3. The van der Waals surface area contributed by atoms with Crippen LogP contribution < -0.4 is 0 Å². The molecule has 1 aliphatic rings. The van der Waals surface area contributed by atoms with Crippen LogP contribution in [-0.4, -0.2) is 15.6 Å². The Morgan fingerprint density at radius 2 is 2.23 bits per heavy atom. The van der Waals surface area contributed by atoms with Crippen molar-refractivity contribution in [2.24, 2.45) is 0 Å². The van der Waals surface area contributed by atoms with Gasteiger partial charge in [0.1, 0.15) is 0 Å². The topological polar surface area (TPSA) is 44.1 Å². The standard InChI is InChI=1S/C9H6N2O2/c12-9-11-7-4-2-1-3-6(7)10-8(11)5-13-9/h1-4H,5H2. The van der Waals surface area contributed by atoms with Crippen LogP contribution in [0.5, 0.6) is 0 Å². The summed E-state index contributed by atoms with van der Waals surface area (Å²) in [6, 6.07) is 7.52. The molecule has 4 heteroatoms. The molecule has 0 atom stereocenters. The quantitative estimate of drug-likeness (QED) is 0.608. The summed E-state index contributed by atoms with van der Waals surface area (Å²) in [7, 11) is 0. The first-order valence-electron chi connectivity index (χ1n) is 4.00. The van der Waals surface area contributed by atoms with Gasteiger partial charge in [0.15, 0.2) is 12.4 Å². The second kappa shape index (κ2) is 2.10. The monoisotopic (exact) mass is 174 g/mol. The maximum Gasteiger partial charge on any atom is 0.420 e. The molecule has 0 amide bonds. The van der Waals surface area contributed by atoms with Crippen LogP contribution in [0, 0.1) is 0 Å². The molecular weight excluding hydrogens is 168 g/mol. The lowest BCUT2D eigenvalue weighted by atomic mass is 10.3. The van der Waals surface area contributed by atoms with Crippen LogP contribution in [0.4, 0.5) is 4.79 Å². The summed E-state index contributed by atoms with van der Waals surface area (Å²) >= 11 is 0. The number of carbonyl (C=O) groups is 1. The lowest BCUT2D eigenvalue weighted by molar-refractivity contribution is 0.161. The van der Waals surface area contributed by atoms with Crippen molar-refractivity contribution in [3.8, 4) is 0 Å². The molecule has 2 aromatic rings. The predicted octanol–water partition coefficient (Wildman–Crippen LogP) is 1.53. The van der Waals surface area contributed by atoms with E-state index in [1.165, 1.54) is 4.57 Å². The van der Waals surface area contributed by atoms with E-state index < -0.39 is 0 Å². The number of cyclic esters (lactones) is 1. The van der Waals surface area contributed by atoms with E-state index in [0.29, 0.717) is 5.82 Å². The van der Waals surface area contributed by atoms with Gasteiger partial charge < -0.3 is 4.74 Å². The van der Waals surface area contributed by atoms with Crippen LogP contribution in [0.2, 0.25) is 0 Å². The summed E-state index contributed by atoms with van der Waals surface area (Å²) in [5.74, 6) is 0.686. The smallest absolute Gasteiger partial charge is 0.420 e. The van der Waals surface area contributed by atoms with E-state index in [1.54, 1.807) is 0 Å². The van der Waals surface area contributed by atoms with Crippen LogP contribution >= 0.6 is 0 Å². The van der Waals surface area contributed by atoms with E-state index >= 15 is 0 Å². The van der Waals surface area contributed by atoms with Crippen LogP contribution in [-0.2, 0) is 11.3 Å². The molecule has 1 aliphatic heterocycles. The van der Waals surface area contributed by atoms with E-state index in [4.69, 9.17) is 4.74 Å². The Bertz CT molecular complexity index is 501. The van der Waals surface area contributed by atoms with Gasteiger partial charge in [-0.05, 0) is 12.1 Å². The zero-order valence-corrected chi connectivity index (χ0v) is 6.73. The Balaban J connectivity index is 2.46. The van der Waals surface area contributed by atoms with Gasteiger partial charge in [-0.15, -0.1) is 0 Å². The van der Waals surface area contributed by atoms with Gasteiger partial charge in [0, 0.05) is 0 Å². The summed E-state index contributed by atoms with van der Waals surface area (Å²) in [6.45, 7) is 0.285. The maximum absolute atomic E-state index is 11.2. The van der Waals surface area contributed by atoms with Crippen molar-refractivity contribution in [3.63, 3.8) is 0 Å². The molecule has 64 valence electrons. The number of hydrogen-bond donors (Lipinski definition) is 0. The van der Waals surface area contributed by atoms with Crippen molar-refractivity contribution in [1.29, 1.82) is 0 Å². The minimum Gasteiger partial charge on any atom is -0.441 e. The number of carbonyl (C=O) groups excluding carboxylic acids is 1. The van der Waals surface area contributed by atoms with Gasteiger partial charge in [-0.25, -0.2) is 14.3 Å². The zero-order chi connectivity index (χ0) is 8.84. The number of benzene rings is 1. The SMILES string of the molecule is O=C1OCc2nc3ccccc3n21. The van der Waals surface area contributed by atoms with Crippen LogP contribution in [0.1, 0.15) is 5.82 Å². The Morgan fingerprint density at radius 1 is 1.38 bits per heavy atom. The Morgan fingerprint density at radius 3 is 3.15 bits per heavy atom. The third-order valence-electron chi connectivity index (χ3n) is 2.14. The van der Waals surface area contributed by atoms with E-state index in [9.17, 15) is 4.79 Å². The molecule has 0 aliphatic carbocycles. The number of rotatable bonds is 0. The Kier molecular flexibility index (Phi) is 1.07. The summed E-state index contributed by atoms with van der Waals surface area (Å²) in [5, 5.41) is 0. The van der Waals surface area contributed by atoms with E-state index in [-0.39, 0.29) is 12.7 Å².